The minimum Gasteiger partial charge on any atom is -0.361 e. The van der Waals surface area contributed by atoms with Gasteiger partial charge in [0.2, 0.25) is 0 Å². The molecule has 23 heavy (non-hydrogen) atoms. The first-order valence-corrected chi connectivity index (χ1v) is 8.73. The summed E-state index contributed by atoms with van der Waals surface area (Å²) >= 11 is 13.0. The number of nitriles is 1. The van der Waals surface area contributed by atoms with E-state index < -0.39 is 0 Å². The normalized spacial score (nSPS) is 15.4. The van der Waals surface area contributed by atoms with Crippen molar-refractivity contribution >= 4 is 45.5 Å². The van der Waals surface area contributed by atoms with Gasteiger partial charge in [0.15, 0.2) is 10.9 Å². The zero-order chi connectivity index (χ0) is 16.4. The van der Waals surface area contributed by atoms with Crippen LogP contribution in [0.2, 0.25) is 10.2 Å². The highest BCUT2D eigenvalue weighted by atomic mass is 35.5. The molecule has 2 heterocycles. The second kappa shape index (κ2) is 6.88. The Kier molecular flexibility index (Phi) is 4.86. The van der Waals surface area contributed by atoms with Crippen LogP contribution in [0.15, 0.2) is 24.3 Å². The van der Waals surface area contributed by atoms with Crippen LogP contribution in [0.1, 0.15) is 28.8 Å². The van der Waals surface area contributed by atoms with Crippen LogP contribution in [-0.4, -0.2) is 23.2 Å². The van der Waals surface area contributed by atoms with E-state index in [1.807, 2.05) is 0 Å². The molecule has 1 aliphatic rings. The summed E-state index contributed by atoms with van der Waals surface area (Å²) in [5.74, 6) is 0.158. The Morgan fingerprint density at radius 3 is 2.52 bits per heavy atom. The van der Waals surface area contributed by atoms with Crippen molar-refractivity contribution in [2.45, 2.75) is 12.8 Å². The number of piperidine rings is 1. The van der Waals surface area contributed by atoms with E-state index in [0.717, 1.165) is 30.9 Å². The third-order valence-corrected chi connectivity index (χ3v) is 5.56. The number of carbonyl (C=O) groups excluding carboxylic acids is 1. The fourth-order valence-corrected chi connectivity index (χ4v) is 3.97. The van der Waals surface area contributed by atoms with E-state index in [-0.39, 0.29) is 16.9 Å². The molecule has 1 aromatic heterocycles. The Morgan fingerprint density at radius 2 is 1.91 bits per heavy atom. The molecule has 0 saturated carbocycles. The molecule has 7 heteroatoms. The van der Waals surface area contributed by atoms with Gasteiger partial charge in [0.05, 0.1) is 0 Å². The quantitative estimate of drug-likeness (QED) is 0.755. The van der Waals surface area contributed by atoms with Gasteiger partial charge in [-0.25, -0.2) is 0 Å². The molecule has 1 aliphatic heterocycles. The minimum absolute atomic E-state index is 0.00125. The third kappa shape index (κ3) is 3.35. The van der Waals surface area contributed by atoms with Gasteiger partial charge in [-0.3, -0.25) is 4.79 Å². The second-order valence-corrected chi connectivity index (χ2v) is 6.94. The van der Waals surface area contributed by atoms with Gasteiger partial charge in [-0.2, -0.15) is 9.64 Å². The Balaban J connectivity index is 1.67. The monoisotopic (exact) mass is 365 g/mol. The first-order chi connectivity index (χ1) is 11.1. The summed E-state index contributed by atoms with van der Waals surface area (Å²) in [6.45, 7) is 1.44. The van der Waals surface area contributed by atoms with E-state index in [1.54, 1.807) is 24.3 Å². The zero-order valence-electron chi connectivity index (χ0n) is 12.1. The lowest BCUT2D eigenvalue weighted by Crippen LogP contribution is -2.36. The largest absolute Gasteiger partial charge is 0.361 e. The number of benzene rings is 1. The highest BCUT2D eigenvalue weighted by Crippen LogP contribution is 2.34. The predicted molar refractivity (Wildman–Crippen MR) is 92.6 cm³/mol. The molecular formula is C16H13Cl2N3OS. The zero-order valence-corrected chi connectivity index (χ0v) is 14.5. The average Bonchev–Trinajstić information content (AvgIpc) is 2.96. The molecule has 0 spiro atoms. The molecule has 1 aromatic carbocycles. The van der Waals surface area contributed by atoms with Crippen LogP contribution in [0.4, 0.5) is 5.00 Å². The lowest BCUT2D eigenvalue weighted by molar-refractivity contribution is 0.0900. The van der Waals surface area contributed by atoms with Crippen molar-refractivity contribution in [2.75, 3.05) is 18.0 Å². The SMILES string of the molecule is N#Cc1c(Cl)nsc1N1CCC(C(=O)c2ccc(Cl)cc2)CC1. The second-order valence-electron chi connectivity index (χ2n) is 5.40. The van der Waals surface area contributed by atoms with Crippen LogP contribution in [-0.2, 0) is 0 Å². The molecule has 3 rings (SSSR count). The molecule has 0 amide bonds. The molecule has 1 saturated heterocycles. The summed E-state index contributed by atoms with van der Waals surface area (Å²) in [4.78, 5) is 14.6. The number of anilines is 1. The van der Waals surface area contributed by atoms with Gasteiger partial charge in [0, 0.05) is 29.6 Å². The van der Waals surface area contributed by atoms with E-state index in [1.165, 1.54) is 11.5 Å². The maximum Gasteiger partial charge on any atom is 0.166 e. The van der Waals surface area contributed by atoms with Crippen molar-refractivity contribution in [1.29, 1.82) is 5.26 Å². The molecule has 0 atom stereocenters. The summed E-state index contributed by atoms with van der Waals surface area (Å²) in [5.41, 5.74) is 1.13. The van der Waals surface area contributed by atoms with Gasteiger partial charge in [-0.15, -0.1) is 0 Å². The van der Waals surface area contributed by atoms with Crippen LogP contribution < -0.4 is 4.90 Å². The van der Waals surface area contributed by atoms with Gasteiger partial charge in [0.1, 0.15) is 16.6 Å². The lowest BCUT2D eigenvalue weighted by atomic mass is 9.89. The molecule has 0 N–H and O–H groups in total. The third-order valence-electron chi connectivity index (χ3n) is 4.03. The number of halogens is 2. The van der Waals surface area contributed by atoms with E-state index in [4.69, 9.17) is 23.2 Å². The summed E-state index contributed by atoms with van der Waals surface area (Å²) in [6.07, 6.45) is 1.50. The molecule has 118 valence electrons. The maximum atomic E-state index is 12.5. The number of hydrogen-bond donors (Lipinski definition) is 0. The van der Waals surface area contributed by atoms with Gasteiger partial charge >= 0.3 is 0 Å². The van der Waals surface area contributed by atoms with Crippen LogP contribution in [0.25, 0.3) is 0 Å². The van der Waals surface area contributed by atoms with Crippen LogP contribution in [0.5, 0.6) is 0 Å². The standard InChI is InChI=1S/C16H13Cl2N3OS/c17-12-3-1-10(2-4-12)14(22)11-5-7-21(8-6-11)16-13(9-19)15(18)20-23-16/h1-4,11H,5-8H2. The van der Waals surface area contributed by atoms with Crippen LogP contribution in [0, 0.1) is 17.2 Å². The number of rotatable bonds is 3. The molecule has 0 unspecified atom stereocenters. The van der Waals surface area contributed by atoms with Crippen LogP contribution in [0.3, 0.4) is 0 Å². The summed E-state index contributed by atoms with van der Waals surface area (Å²) < 4.78 is 4.04. The number of nitrogens with zero attached hydrogens (tertiary/aromatic N) is 3. The van der Waals surface area contributed by atoms with Gasteiger partial charge < -0.3 is 4.90 Å². The summed E-state index contributed by atoms with van der Waals surface area (Å²) in [5, 5.41) is 10.9. The lowest BCUT2D eigenvalue weighted by Gasteiger charge is -2.31. The minimum atomic E-state index is 0.00125. The molecule has 0 aliphatic carbocycles. The maximum absolute atomic E-state index is 12.5. The number of carbonyl (C=O) groups is 1. The van der Waals surface area contributed by atoms with E-state index in [2.05, 4.69) is 15.3 Å². The number of ketones is 1. The molecule has 4 nitrogen and oxygen atoms in total. The Morgan fingerprint density at radius 1 is 1.26 bits per heavy atom. The number of aromatic nitrogens is 1. The van der Waals surface area contributed by atoms with Crippen molar-refractivity contribution < 1.29 is 4.79 Å². The van der Waals surface area contributed by atoms with Gasteiger partial charge in [0.25, 0.3) is 0 Å². The van der Waals surface area contributed by atoms with Crippen molar-refractivity contribution in [1.82, 2.24) is 4.37 Å². The Labute approximate surface area is 148 Å². The van der Waals surface area contributed by atoms with E-state index >= 15 is 0 Å². The first kappa shape index (κ1) is 16.3. The predicted octanol–water partition coefficient (Wildman–Crippen LogP) is 4.42. The van der Waals surface area contributed by atoms with Crippen molar-refractivity contribution in [3.63, 3.8) is 0 Å². The summed E-state index contributed by atoms with van der Waals surface area (Å²) in [7, 11) is 0. The van der Waals surface area contributed by atoms with E-state index in [0.29, 0.717) is 16.1 Å². The van der Waals surface area contributed by atoms with E-state index in [9.17, 15) is 10.1 Å². The number of hydrogen-bond acceptors (Lipinski definition) is 5. The van der Waals surface area contributed by atoms with Crippen LogP contribution >= 0.6 is 34.7 Å². The Bertz CT molecular complexity index is 759. The van der Waals surface area contributed by atoms with Crippen molar-refractivity contribution in [3.05, 3.63) is 45.6 Å². The van der Waals surface area contributed by atoms with Gasteiger partial charge in [-0.05, 0) is 48.6 Å². The van der Waals surface area contributed by atoms with Gasteiger partial charge in [-0.1, -0.05) is 23.2 Å². The fraction of sp³-hybridized carbons (Fsp3) is 0.312. The highest BCUT2D eigenvalue weighted by Gasteiger charge is 2.28. The molecule has 0 bridgehead atoms. The fourth-order valence-electron chi connectivity index (χ4n) is 2.77. The highest BCUT2D eigenvalue weighted by molar-refractivity contribution is 7.10. The average molecular weight is 366 g/mol. The smallest absolute Gasteiger partial charge is 0.166 e. The first-order valence-electron chi connectivity index (χ1n) is 7.20. The van der Waals surface area contributed by atoms with Crippen molar-refractivity contribution in [3.8, 4) is 6.07 Å². The topological polar surface area (TPSA) is 57.0 Å². The molecule has 2 aromatic rings. The number of Topliss-reactive ketones (excluding diaryl/α,β-unsaturated/α-hetero) is 1. The molecular weight excluding hydrogens is 353 g/mol. The Hall–Kier alpha value is -1.61. The van der Waals surface area contributed by atoms with Crippen molar-refractivity contribution in [2.24, 2.45) is 5.92 Å². The molecule has 1 fully saturated rings. The summed E-state index contributed by atoms with van der Waals surface area (Å²) in [6, 6.07) is 9.12. The molecule has 0 radical (unpaired) electrons.